The molecule has 2 aliphatic heterocycles. The van der Waals surface area contributed by atoms with Crippen LogP contribution in [0.25, 0.3) is 0 Å². The van der Waals surface area contributed by atoms with Crippen molar-refractivity contribution in [3.8, 4) is 0 Å². The summed E-state index contributed by atoms with van der Waals surface area (Å²) in [7, 11) is 3.03. The Balaban J connectivity index is 1.98. The number of fused-ring (bicyclic) bond motifs is 1. The van der Waals surface area contributed by atoms with E-state index in [1.54, 1.807) is 23.8 Å². The standard InChI is InChI=1S/C14H15ClN6O2/c1-19-11-10(12(22)20(2)14(19)23)21(13(17-11)18-16)7-8-3-5-9(15)6-4-8/h3-6,10H,7,16H2,1-2H3/p+1. The maximum atomic E-state index is 12.5. The minimum atomic E-state index is -0.690. The molecular formula is C14H16ClN6O2+. The van der Waals surface area contributed by atoms with Gasteiger partial charge in [-0.15, -0.1) is 0 Å². The summed E-state index contributed by atoms with van der Waals surface area (Å²) in [5, 5.41) is 0.632. The Morgan fingerprint density at radius 2 is 1.91 bits per heavy atom. The van der Waals surface area contributed by atoms with Crippen LogP contribution in [0.15, 0.2) is 29.3 Å². The lowest BCUT2D eigenvalue weighted by atomic mass is 10.1. The highest BCUT2D eigenvalue weighted by molar-refractivity contribution is 6.30. The normalized spacial score (nSPS) is 20.9. The third kappa shape index (κ3) is 2.45. The molecule has 1 aromatic carbocycles. The maximum absolute atomic E-state index is 12.5. The number of amidine groups is 1. The molecule has 2 heterocycles. The molecule has 1 saturated heterocycles. The molecule has 1 unspecified atom stereocenters. The first-order chi connectivity index (χ1) is 10.9. The first-order valence-corrected chi connectivity index (χ1v) is 7.30. The van der Waals surface area contributed by atoms with Crippen LogP contribution in [-0.4, -0.2) is 58.2 Å². The van der Waals surface area contributed by atoms with E-state index < -0.39 is 12.1 Å². The molecule has 1 aromatic rings. The quantitative estimate of drug-likeness (QED) is 0.451. The molecule has 0 aliphatic carbocycles. The summed E-state index contributed by atoms with van der Waals surface area (Å²) in [5.74, 6) is 5.89. The number of hydrazine groups is 1. The van der Waals surface area contributed by atoms with Gasteiger partial charge < -0.3 is 0 Å². The van der Waals surface area contributed by atoms with E-state index in [0.717, 1.165) is 10.5 Å². The van der Waals surface area contributed by atoms with Gasteiger partial charge in [0.05, 0.1) is 6.54 Å². The number of nitrogens with zero attached hydrogens (tertiary/aromatic N) is 4. The Morgan fingerprint density at radius 3 is 2.52 bits per heavy atom. The zero-order valence-corrected chi connectivity index (χ0v) is 13.4. The number of imide groups is 1. The molecule has 120 valence electrons. The number of hydrogen-bond donors (Lipinski definition) is 2. The monoisotopic (exact) mass is 335 g/mol. The van der Waals surface area contributed by atoms with Gasteiger partial charge in [-0.1, -0.05) is 28.7 Å². The Hall–Kier alpha value is -2.45. The van der Waals surface area contributed by atoms with Crippen LogP contribution in [0.2, 0.25) is 5.02 Å². The summed E-state index contributed by atoms with van der Waals surface area (Å²) in [4.78, 5) is 31.3. The third-order valence-corrected chi connectivity index (χ3v) is 4.18. The zero-order valence-electron chi connectivity index (χ0n) is 12.7. The predicted octanol–water partition coefficient (Wildman–Crippen LogP) is -0.0237. The molecule has 1 fully saturated rings. The summed E-state index contributed by atoms with van der Waals surface area (Å²) >= 11 is 5.89. The number of carbonyl (C=O) groups is 2. The molecule has 3 N–H and O–H groups in total. The Kier molecular flexibility index (Phi) is 3.78. The van der Waals surface area contributed by atoms with Gasteiger partial charge in [0.25, 0.3) is 5.91 Å². The molecule has 0 spiro atoms. The van der Waals surface area contributed by atoms with E-state index in [1.165, 1.54) is 11.9 Å². The highest BCUT2D eigenvalue weighted by atomic mass is 35.5. The van der Waals surface area contributed by atoms with Crippen molar-refractivity contribution >= 4 is 35.3 Å². The van der Waals surface area contributed by atoms with Crippen LogP contribution < -0.4 is 11.3 Å². The lowest BCUT2D eigenvalue weighted by Gasteiger charge is -2.31. The minimum Gasteiger partial charge on any atom is -0.270 e. The highest BCUT2D eigenvalue weighted by Crippen LogP contribution is 2.20. The number of aliphatic imine (C=N–C) groups is 1. The van der Waals surface area contributed by atoms with Crippen LogP contribution >= 0.6 is 11.6 Å². The molecular weight excluding hydrogens is 320 g/mol. The fourth-order valence-corrected chi connectivity index (χ4v) is 2.79. The summed E-state index contributed by atoms with van der Waals surface area (Å²) in [6.45, 7) is 0.399. The van der Waals surface area contributed by atoms with Crippen molar-refractivity contribution in [3.63, 3.8) is 0 Å². The molecule has 8 nitrogen and oxygen atoms in total. The number of benzene rings is 1. The summed E-state index contributed by atoms with van der Waals surface area (Å²) in [5.41, 5.74) is 3.43. The van der Waals surface area contributed by atoms with Crippen molar-refractivity contribution in [2.24, 2.45) is 10.8 Å². The molecule has 0 saturated carbocycles. The maximum Gasteiger partial charge on any atom is 0.407 e. The average Bonchev–Trinajstić information content (AvgIpc) is 2.91. The Morgan fingerprint density at radius 1 is 1.26 bits per heavy atom. The second kappa shape index (κ2) is 5.64. The summed E-state index contributed by atoms with van der Waals surface area (Å²) in [6.07, 6.45) is 0. The smallest absolute Gasteiger partial charge is 0.270 e. The number of nitrogens with one attached hydrogen (secondary N) is 1. The van der Waals surface area contributed by atoms with E-state index in [2.05, 4.69) is 10.4 Å². The van der Waals surface area contributed by atoms with E-state index in [1.807, 2.05) is 12.1 Å². The van der Waals surface area contributed by atoms with Crippen molar-refractivity contribution in [2.45, 2.75) is 12.6 Å². The first kappa shape index (κ1) is 15.4. The Bertz CT molecular complexity index is 742. The van der Waals surface area contributed by atoms with Gasteiger partial charge >= 0.3 is 12.0 Å². The molecule has 3 amide bonds. The van der Waals surface area contributed by atoms with E-state index in [0.29, 0.717) is 23.4 Å². The molecule has 0 radical (unpaired) electrons. The van der Waals surface area contributed by atoms with Crippen LogP contribution in [0.3, 0.4) is 0 Å². The summed E-state index contributed by atoms with van der Waals surface area (Å²) < 4.78 is 1.72. The number of nitrogens with two attached hydrogens (primary N) is 1. The van der Waals surface area contributed by atoms with Crippen molar-refractivity contribution in [2.75, 3.05) is 14.1 Å². The van der Waals surface area contributed by atoms with Crippen molar-refractivity contribution in [1.82, 2.24) is 15.2 Å². The van der Waals surface area contributed by atoms with Crippen molar-refractivity contribution < 1.29 is 14.2 Å². The lowest BCUT2D eigenvalue weighted by Crippen LogP contribution is -2.61. The molecule has 9 heteroatoms. The lowest BCUT2D eigenvalue weighted by molar-refractivity contribution is -0.553. The number of urea groups is 1. The van der Waals surface area contributed by atoms with E-state index in [9.17, 15) is 9.59 Å². The molecule has 23 heavy (non-hydrogen) atoms. The predicted molar refractivity (Wildman–Crippen MR) is 84.9 cm³/mol. The van der Waals surface area contributed by atoms with Crippen LogP contribution in [-0.2, 0) is 11.3 Å². The third-order valence-electron chi connectivity index (χ3n) is 3.93. The second-order valence-electron chi connectivity index (χ2n) is 5.33. The Labute approximate surface area is 137 Å². The van der Waals surface area contributed by atoms with Gasteiger partial charge in [-0.2, -0.15) is 5.84 Å². The zero-order chi connectivity index (χ0) is 16.7. The van der Waals surface area contributed by atoms with Crippen LogP contribution in [0, 0.1) is 0 Å². The second-order valence-corrected chi connectivity index (χ2v) is 5.77. The average molecular weight is 336 g/mol. The molecule has 0 bridgehead atoms. The largest absolute Gasteiger partial charge is 0.407 e. The van der Waals surface area contributed by atoms with Gasteiger partial charge in [-0.25, -0.2) is 14.8 Å². The number of guanidine groups is 1. The van der Waals surface area contributed by atoms with Crippen molar-refractivity contribution in [3.05, 3.63) is 34.9 Å². The summed E-state index contributed by atoms with van der Waals surface area (Å²) in [6, 6.07) is 6.16. The van der Waals surface area contributed by atoms with Gasteiger partial charge in [0.1, 0.15) is 0 Å². The number of rotatable bonds is 2. The van der Waals surface area contributed by atoms with Crippen LogP contribution in [0.1, 0.15) is 5.56 Å². The van der Waals surface area contributed by atoms with Gasteiger partial charge in [0, 0.05) is 19.1 Å². The first-order valence-electron chi connectivity index (χ1n) is 6.92. The minimum absolute atomic E-state index is 0.336. The van der Waals surface area contributed by atoms with Gasteiger partial charge in [0.2, 0.25) is 11.9 Å². The van der Waals surface area contributed by atoms with E-state index >= 15 is 0 Å². The SMILES string of the molecule is CN1C(=O)C2C(=NC(NN)=[N+]2Cc2ccc(Cl)cc2)N(C)C1=O. The van der Waals surface area contributed by atoms with E-state index in [4.69, 9.17) is 17.4 Å². The van der Waals surface area contributed by atoms with Crippen LogP contribution in [0.4, 0.5) is 4.79 Å². The highest BCUT2D eigenvalue weighted by Gasteiger charge is 2.51. The number of hydrogen-bond acceptors (Lipinski definition) is 5. The molecule has 1 atom stereocenters. The number of likely N-dealkylation sites (N-methyl/N-ethyl adjacent to an activating group) is 2. The number of halogens is 1. The van der Waals surface area contributed by atoms with Gasteiger partial charge in [-0.05, 0) is 17.7 Å². The number of amides is 3. The van der Waals surface area contributed by atoms with E-state index in [-0.39, 0.29) is 5.91 Å². The topological polar surface area (TPSA) is 94.0 Å². The molecule has 2 aliphatic rings. The fourth-order valence-electron chi connectivity index (χ4n) is 2.67. The number of carbonyl (C=O) groups excluding carboxylic acids is 2. The van der Waals surface area contributed by atoms with Gasteiger partial charge in [-0.3, -0.25) is 14.6 Å². The van der Waals surface area contributed by atoms with Crippen LogP contribution in [0.5, 0.6) is 0 Å². The van der Waals surface area contributed by atoms with Crippen molar-refractivity contribution in [1.29, 1.82) is 0 Å². The molecule has 3 rings (SSSR count). The van der Waals surface area contributed by atoms with Gasteiger partial charge in [0.15, 0.2) is 0 Å². The fraction of sp³-hybridized carbons (Fsp3) is 0.286. The molecule has 0 aromatic heterocycles.